The Balaban J connectivity index is 1.75. The molecule has 126 valence electrons. The van der Waals surface area contributed by atoms with E-state index >= 15 is 0 Å². The first-order valence-electron chi connectivity index (χ1n) is 7.80. The minimum Gasteiger partial charge on any atom is -0.348 e. The molecule has 2 amide bonds. The first-order chi connectivity index (χ1) is 12.0. The van der Waals surface area contributed by atoms with Crippen molar-refractivity contribution >= 4 is 28.4 Å². The number of aromatic nitrogens is 1. The molecule has 0 aliphatic rings. The molecule has 1 aromatic heterocycles. The number of fused-ring (bicyclic) bond motifs is 1. The average Bonchev–Trinajstić information content (AvgIpc) is 2.59. The standard InChI is InChI=1S/C19H17N3O3/c1-12(23)21-14-8-6-13(7-9-14)11-20-19(25)16-10-18(24)22-17-5-3-2-4-15(16)17/h2-10H,11H2,1H3,(H,20,25)(H,21,23)(H,22,24). The molecule has 0 atom stereocenters. The van der Waals surface area contributed by atoms with Crippen LogP contribution in [0.4, 0.5) is 5.69 Å². The number of rotatable bonds is 4. The van der Waals surface area contributed by atoms with Gasteiger partial charge in [-0.3, -0.25) is 14.4 Å². The van der Waals surface area contributed by atoms with Crippen LogP contribution in [0.25, 0.3) is 10.9 Å². The summed E-state index contributed by atoms with van der Waals surface area (Å²) in [6, 6.07) is 15.7. The van der Waals surface area contributed by atoms with Gasteiger partial charge in [-0.1, -0.05) is 30.3 Å². The van der Waals surface area contributed by atoms with Gasteiger partial charge in [-0.25, -0.2) is 0 Å². The number of benzene rings is 2. The maximum Gasteiger partial charge on any atom is 0.252 e. The molecule has 3 aromatic rings. The molecule has 0 radical (unpaired) electrons. The Morgan fingerprint density at radius 1 is 1.04 bits per heavy atom. The Kier molecular flexibility index (Phi) is 4.61. The van der Waals surface area contributed by atoms with Crippen LogP contribution in [0.2, 0.25) is 0 Å². The average molecular weight is 335 g/mol. The van der Waals surface area contributed by atoms with E-state index in [4.69, 9.17) is 0 Å². The van der Waals surface area contributed by atoms with Gasteiger partial charge in [0.05, 0.1) is 5.56 Å². The molecule has 0 saturated carbocycles. The number of nitrogens with one attached hydrogen (secondary N) is 3. The first kappa shape index (κ1) is 16.4. The van der Waals surface area contributed by atoms with Crippen molar-refractivity contribution in [3.8, 4) is 0 Å². The van der Waals surface area contributed by atoms with Crippen molar-refractivity contribution in [3.63, 3.8) is 0 Å². The highest BCUT2D eigenvalue weighted by atomic mass is 16.2. The highest BCUT2D eigenvalue weighted by molar-refractivity contribution is 6.05. The molecular weight excluding hydrogens is 318 g/mol. The van der Waals surface area contributed by atoms with E-state index in [9.17, 15) is 14.4 Å². The minimum atomic E-state index is -0.316. The van der Waals surface area contributed by atoms with Gasteiger partial charge >= 0.3 is 0 Å². The first-order valence-corrected chi connectivity index (χ1v) is 7.80. The van der Waals surface area contributed by atoms with Gasteiger partial charge in [0.2, 0.25) is 11.5 Å². The predicted molar refractivity (Wildman–Crippen MR) is 96.5 cm³/mol. The molecule has 25 heavy (non-hydrogen) atoms. The number of H-pyrrole nitrogens is 1. The van der Waals surface area contributed by atoms with E-state index in [2.05, 4.69) is 15.6 Å². The Hall–Kier alpha value is -3.41. The second-order valence-corrected chi connectivity index (χ2v) is 5.65. The Bertz CT molecular complexity index is 991. The monoisotopic (exact) mass is 335 g/mol. The molecule has 0 unspecified atom stereocenters. The van der Waals surface area contributed by atoms with Crippen molar-refractivity contribution in [2.75, 3.05) is 5.32 Å². The largest absolute Gasteiger partial charge is 0.348 e. The van der Waals surface area contributed by atoms with Crippen LogP contribution in [-0.4, -0.2) is 16.8 Å². The van der Waals surface area contributed by atoms with Gasteiger partial charge in [0.1, 0.15) is 0 Å². The predicted octanol–water partition coefficient (Wildman–Crippen LogP) is 2.42. The molecule has 3 N–H and O–H groups in total. The maximum atomic E-state index is 12.5. The number of pyridine rings is 1. The van der Waals surface area contributed by atoms with Crippen LogP contribution in [0.5, 0.6) is 0 Å². The van der Waals surface area contributed by atoms with Gasteiger partial charge in [-0.15, -0.1) is 0 Å². The number of amides is 2. The summed E-state index contributed by atoms with van der Waals surface area (Å²) in [5, 5.41) is 6.20. The number of para-hydroxylation sites is 1. The van der Waals surface area contributed by atoms with Crippen molar-refractivity contribution in [3.05, 3.63) is 76.1 Å². The lowest BCUT2D eigenvalue weighted by molar-refractivity contribution is -0.114. The summed E-state index contributed by atoms with van der Waals surface area (Å²) in [5.41, 5.74) is 2.23. The zero-order valence-corrected chi connectivity index (χ0v) is 13.6. The van der Waals surface area contributed by atoms with Gasteiger partial charge in [0.15, 0.2) is 0 Å². The smallest absolute Gasteiger partial charge is 0.252 e. The topological polar surface area (TPSA) is 91.1 Å². The number of anilines is 1. The molecule has 0 spiro atoms. The van der Waals surface area contributed by atoms with Crippen LogP contribution in [0.15, 0.2) is 59.4 Å². The van der Waals surface area contributed by atoms with Crippen molar-refractivity contribution in [2.24, 2.45) is 0 Å². The zero-order valence-electron chi connectivity index (χ0n) is 13.6. The highest BCUT2D eigenvalue weighted by Crippen LogP contribution is 2.15. The molecule has 6 heteroatoms. The summed E-state index contributed by atoms with van der Waals surface area (Å²) in [5.74, 6) is -0.449. The van der Waals surface area contributed by atoms with Crippen LogP contribution in [0.3, 0.4) is 0 Å². The molecular formula is C19H17N3O3. The summed E-state index contributed by atoms with van der Waals surface area (Å²) in [4.78, 5) is 37.9. The minimum absolute atomic E-state index is 0.137. The second kappa shape index (κ2) is 7.00. The third kappa shape index (κ3) is 3.92. The number of carbonyl (C=O) groups is 2. The Morgan fingerprint density at radius 2 is 1.76 bits per heavy atom. The number of hydrogen-bond donors (Lipinski definition) is 3. The van der Waals surface area contributed by atoms with Crippen molar-refractivity contribution in [2.45, 2.75) is 13.5 Å². The van der Waals surface area contributed by atoms with Crippen molar-refractivity contribution < 1.29 is 9.59 Å². The second-order valence-electron chi connectivity index (χ2n) is 5.65. The van der Waals surface area contributed by atoms with Gasteiger partial charge in [-0.05, 0) is 23.8 Å². The summed E-state index contributed by atoms with van der Waals surface area (Å²) < 4.78 is 0. The summed E-state index contributed by atoms with van der Waals surface area (Å²) in [7, 11) is 0. The van der Waals surface area contributed by atoms with E-state index in [-0.39, 0.29) is 17.4 Å². The van der Waals surface area contributed by atoms with Gasteiger partial charge in [0, 0.05) is 36.1 Å². The molecule has 0 fully saturated rings. The molecule has 0 aliphatic carbocycles. The number of hydrogen-bond acceptors (Lipinski definition) is 3. The van der Waals surface area contributed by atoms with Crippen LogP contribution < -0.4 is 16.2 Å². The molecule has 3 rings (SSSR count). The summed E-state index contributed by atoms with van der Waals surface area (Å²) in [6.07, 6.45) is 0. The summed E-state index contributed by atoms with van der Waals surface area (Å²) in [6.45, 7) is 1.76. The lowest BCUT2D eigenvalue weighted by Gasteiger charge is -2.09. The lowest BCUT2D eigenvalue weighted by Crippen LogP contribution is -2.24. The van der Waals surface area contributed by atoms with Crippen LogP contribution >= 0.6 is 0 Å². The highest BCUT2D eigenvalue weighted by Gasteiger charge is 2.11. The van der Waals surface area contributed by atoms with Crippen LogP contribution in [0, 0.1) is 0 Å². The number of carbonyl (C=O) groups excluding carboxylic acids is 2. The zero-order chi connectivity index (χ0) is 17.8. The van der Waals surface area contributed by atoms with Crippen LogP contribution in [0.1, 0.15) is 22.8 Å². The lowest BCUT2D eigenvalue weighted by atomic mass is 10.1. The third-order valence-corrected chi connectivity index (χ3v) is 3.72. The molecule has 0 bridgehead atoms. The van der Waals surface area contributed by atoms with E-state index in [1.807, 2.05) is 18.2 Å². The molecule has 6 nitrogen and oxygen atoms in total. The fraction of sp³-hybridized carbons (Fsp3) is 0.105. The number of aromatic amines is 1. The molecule has 0 aliphatic heterocycles. The Labute approximate surface area is 143 Å². The van der Waals surface area contributed by atoms with Crippen LogP contribution in [-0.2, 0) is 11.3 Å². The quantitative estimate of drug-likeness (QED) is 0.684. The third-order valence-electron chi connectivity index (χ3n) is 3.72. The SMILES string of the molecule is CC(=O)Nc1ccc(CNC(=O)c2cc(=O)[nH]c3ccccc23)cc1. The van der Waals surface area contributed by atoms with Gasteiger partial charge in [0.25, 0.3) is 5.91 Å². The van der Waals surface area contributed by atoms with Crippen molar-refractivity contribution in [1.29, 1.82) is 0 Å². The van der Waals surface area contributed by atoms with Gasteiger partial charge < -0.3 is 15.6 Å². The maximum absolute atomic E-state index is 12.5. The summed E-state index contributed by atoms with van der Waals surface area (Å²) >= 11 is 0. The molecule has 2 aromatic carbocycles. The fourth-order valence-corrected chi connectivity index (χ4v) is 2.58. The van der Waals surface area contributed by atoms with E-state index in [0.717, 1.165) is 5.56 Å². The van der Waals surface area contributed by atoms with E-state index in [1.54, 1.807) is 30.3 Å². The molecule has 0 saturated heterocycles. The fourth-order valence-electron chi connectivity index (χ4n) is 2.58. The van der Waals surface area contributed by atoms with E-state index in [0.29, 0.717) is 28.7 Å². The van der Waals surface area contributed by atoms with E-state index in [1.165, 1.54) is 13.0 Å². The van der Waals surface area contributed by atoms with Gasteiger partial charge in [-0.2, -0.15) is 0 Å². The molecule has 1 heterocycles. The Morgan fingerprint density at radius 3 is 2.48 bits per heavy atom. The van der Waals surface area contributed by atoms with Crippen molar-refractivity contribution in [1.82, 2.24) is 10.3 Å². The van der Waals surface area contributed by atoms with E-state index < -0.39 is 0 Å². The normalized spacial score (nSPS) is 10.4.